The molecule has 1 aliphatic heterocycles. The number of alkyl halides is 3. The first kappa shape index (κ1) is 36.4. The van der Waals surface area contributed by atoms with E-state index in [1.165, 1.54) is 11.1 Å². The number of nitrogen functional groups attached to an aromatic ring is 2. The third-order valence-electron chi connectivity index (χ3n) is 7.86. The van der Waals surface area contributed by atoms with E-state index in [0.717, 1.165) is 74.9 Å². The summed E-state index contributed by atoms with van der Waals surface area (Å²) in [5.41, 5.74) is 14.3. The van der Waals surface area contributed by atoms with Gasteiger partial charge < -0.3 is 30.7 Å². The lowest BCUT2D eigenvalue weighted by atomic mass is 9.99. The Morgan fingerprint density at radius 3 is 2.11 bits per heavy atom. The zero-order valence-electron chi connectivity index (χ0n) is 26.0. The van der Waals surface area contributed by atoms with Crippen molar-refractivity contribution in [2.45, 2.75) is 50.7 Å². The zero-order valence-corrected chi connectivity index (χ0v) is 26.7. The van der Waals surface area contributed by atoms with E-state index < -0.39 is 12.1 Å². The molecule has 4 rings (SSSR count). The van der Waals surface area contributed by atoms with Crippen LogP contribution in [0, 0.1) is 0 Å². The van der Waals surface area contributed by atoms with E-state index in [1.54, 1.807) is 7.11 Å². The molecule has 0 spiro atoms. The lowest BCUT2D eigenvalue weighted by Crippen LogP contribution is -2.60. The number of nitrogens with zero attached hydrogens (tertiary/aromatic N) is 3. The fourth-order valence-electron chi connectivity index (χ4n) is 5.61. The molecule has 0 bridgehead atoms. The van der Waals surface area contributed by atoms with Crippen LogP contribution in [0.15, 0.2) is 54.6 Å². The summed E-state index contributed by atoms with van der Waals surface area (Å²) in [5.74, 6) is -1.64. The number of carbonyl (C=O) groups excluding carboxylic acids is 2. The Bertz CT molecular complexity index is 1430. The van der Waals surface area contributed by atoms with Crippen LogP contribution in [0.3, 0.4) is 0 Å². The molecule has 1 fully saturated rings. The van der Waals surface area contributed by atoms with Crippen LogP contribution in [-0.2, 0) is 22.4 Å². The fourth-order valence-corrected chi connectivity index (χ4v) is 5.74. The number of piperidine rings is 1. The predicted octanol–water partition coefficient (Wildman–Crippen LogP) is 5.00. The first-order valence-electron chi connectivity index (χ1n) is 14.9. The van der Waals surface area contributed by atoms with Gasteiger partial charge in [-0.15, -0.1) is 0 Å². The second kappa shape index (κ2) is 17.0. The normalized spacial score (nSPS) is 17.7. The van der Waals surface area contributed by atoms with E-state index in [4.69, 9.17) is 27.8 Å². The lowest BCUT2D eigenvalue weighted by molar-refractivity contribution is -0.933. The zero-order chi connectivity index (χ0) is 33.7. The average Bonchev–Trinajstić information content (AvgIpc) is 3.03. The van der Waals surface area contributed by atoms with Gasteiger partial charge in [-0.1, -0.05) is 54.1 Å². The smallest absolute Gasteiger partial charge is 0.490 e. The summed E-state index contributed by atoms with van der Waals surface area (Å²) in [4.78, 5) is 30.6. The summed E-state index contributed by atoms with van der Waals surface area (Å²) in [5, 5.41) is 3.14. The van der Waals surface area contributed by atoms with Gasteiger partial charge in [0.2, 0.25) is 0 Å². The van der Waals surface area contributed by atoms with Crippen LogP contribution < -0.4 is 21.5 Å². The van der Waals surface area contributed by atoms with Crippen LogP contribution in [0.2, 0.25) is 5.15 Å². The fraction of sp³-hybridized carbons (Fsp3) is 0.438. The lowest BCUT2D eigenvalue weighted by Gasteiger charge is -2.45. The second-order valence-electron chi connectivity index (χ2n) is 11.2. The maximum atomic E-state index is 13.0. The molecule has 10 nitrogen and oxygen atoms in total. The molecule has 14 heteroatoms. The molecule has 2 heterocycles. The molecule has 0 aliphatic carbocycles. The summed E-state index contributed by atoms with van der Waals surface area (Å²) in [6.07, 6.45) is 1.34. The first-order valence-corrected chi connectivity index (χ1v) is 15.3. The highest BCUT2D eigenvalue weighted by Crippen LogP contribution is 2.24. The number of anilines is 2. The van der Waals surface area contributed by atoms with E-state index in [9.17, 15) is 22.8 Å². The monoisotopic (exact) mass is 665 g/mol. The van der Waals surface area contributed by atoms with E-state index in [-0.39, 0.29) is 34.4 Å². The Kier molecular flexibility index (Phi) is 13.4. The maximum Gasteiger partial charge on any atom is 0.490 e. The summed E-state index contributed by atoms with van der Waals surface area (Å²) < 4.78 is 42.6. The number of quaternary nitrogens is 1. The van der Waals surface area contributed by atoms with E-state index in [2.05, 4.69) is 62.5 Å². The van der Waals surface area contributed by atoms with Crippen molar-refractivity contribution in [3.05, 3.63) is 76.6 Å². The van der Waals surface area contributed by atoms with Crippen molar-refractivity contribution in [1.82, 2.24) is 15.3 Å². The Labute approximate surface area is 271 Å². The number of nitrogens with one attached hydrogen (secondary N) is 1. The number of halogens is 4. The predicted molar refractivity (Wildman–Crippen MR) is 170 cm³/mol. The number of nitrogens with two attached hydrogens (primary N) is 2. The molecule has 3 aromatic rings. The number of benzene rings is 2. The van der Waals surface area contributed by atoms with Gasteiger partial charge in [-0.25, -0.2) is 14.8 Å². The maximum absolute atomic E-state index is 13.0. The van der Waals surface area contributed by atoms with Crippen molar-refractivity contribution in [1.29, 1.82) is 0 Å². The van der Waals surface area contributed by atoms with Crippen LogP contribution in [-0.4, -0.2) is 78.9 Å². The Hall–Kier alpha value is -4.10. The SMILES string of the molecule is COC(=O)C(F)(F)F.COc1ccc(CCC[N+]2(CCCc3ccccc3)CCCC(NC(=O)c3nc(Cl)c(N)nc3N)C2)cc1. The van der Waals surface area contributed by atoms with Crippen molar-refractivity contribution in [2.75, 3.05) is 51.9 Å². The third kappa shape index (κ3) is 11.1. The van der Waals surface area contributed by atoms with Crippen molar-refractivity contribution in [3.8, 4) is 5.75 Å². The van der Waals surface area contributed by atoms with Crippen LogP contribution in [0.5, 0.6) is 5.75 Å². The minimum Gasteiger partial charge on any atom is -0.497 e. The van der Waals surface area contributed by atoms with Crippen LogP contribution in [0.4, 0.5) is 24.8 Å². The van der Waals surface area contributed by atoms with E-state index >= 15 is 0 Å². The van der Waals surface area contributed by atoms with Gasteiger partial charge in [0, 0.05) is 12.8 Å². The molecule has 2 aromatic carbocycles. The van der Waals surface area contributed by atoms with Gasteiger partial charge in [0.05, 0.1) is 46.4 Å². The number of ether oxygens (including phenoxy) is 2. The molecule has 2 atom stereocenters. The number of aromatic nitrogens is 2. The van der Waals surface area contributed by atoms with Crippen molar-refractivity contribution in [2.24, 2.45) is 0 Å². The molecule has 0 radical (unpaired) electrons. The number of methoxy groups -OCH3 is 2. The summed E-state index contributed by atoms with van der Waals surface area (Å²) >= 11 is 6.01. The number of likely N-dealkylation sites (tertiary alicyclic amines) is 1. The Morgan fingerprint density at radius 2 is 1.57 bits per heavy atom. The molecular weight excluding hydrogens is 625 g/mol. The summed E-state index contributed by atoms with van der Waals surface area (Å²) in [6, 6.07) is 19.0. The Morgan fingerprint density at radius 1 is 0.957 bits per heavy atom. The second-order valence-corrected chi connectivity index (χ2v) is 11.5. The van der Waals surface area contributed by atoms with Gasteiger partial charge in [-0.2, -0.15) is 13.2 Å². The van der Waals surface area contributed by atoms with Gasteiger partial charge in [-0.3, -0.25) is 4.79 Å². The highest BCUT2D eigenvalue weighted by Gasteiger charge is 2.40. The number of rotatable bonds is 11. The van der Waals surface area contributed by atoms with Gasteiger partial charge in [0.1, 0.15) is 5.75 Å². The minimum atomic E-state index is -4.85. The van der Waals surface area contributed by atoms with Gasteiger partial charge >= 0.3 is 12.1 Å². The number of esters is 1. The van der Waals surface area contributed by atoms with Gasteiger partial charge in [0.25, 0.3) is 5.91 Å². The minimum absolute atomic E-state index is 0.0108. The molecule has 250 valence electrons. The number of aryl methyl sites for hydroxylation is 2. The number of carbonyl (C=O) groups is 2. The highest BCUT2D eigenvalue weighted by molar-refractivity contribution is 6.31. The van der Waals surface area contributed by atoms with Crippen LogP contribution in [0.1, 0.15) is 47.3 Å². The molecule has 5 N–H and O–H groups in total. The first-order chi connectivity index (χ1) is 21.9. The van der Waals surface area contributed by atoms with Crippen LogP contribution >= 0.6 is 11.6 Å². The third-order valence-corrected chi connectivity index (χ3v) is 8.14. The average molecular weight is 666 g/mol. The van der Waals surface area contributed by atoms with Crippen molar-refractivity contribution < 1.29 is 36.7 Å². The molecule has 1 saturated heterocycles. The number of hydrogen-bond donors (Lipinski definition) is 3. The molecule has 1 aliphatic rings. The molecule has 1 aromatic heterocycles. The van der Waals surface area contributed by atoms with Gasteiger partial charge in [-0.05, 0) is 48.9 Å². The largest absolute Gasteiger partial charge is 0.497 e. The molecular formula is C32H41ClF3N6O4+. The Balaban J connectivity index is 0.000000637. The van der Waals surface area contributed by atoms with E-state index in [1.807, 2.05) is 12.1 Å². The molecule has 0 saturated carbocycles. The molecule has 46 heavy (non-hydrogen) atoms. The topological polar surface area (TPSA) is 142 Å². The summed E-state index contributed by atoms with van der Waals surface area (Å²) in [7, 11) is 2.36. The summed E-state index contributed by atoms with van der Waals surface area (Å²) in [6.45, 7) is 4.11. The van der Waals surface area contributed by atoms with Crippen molar-refractivity contribution in [3.63, 3.8) is 0 Å². The number of hydrogen-bond acceptors (Lipinski definition) is 8. The molecule has 1 amide bonds. The van der Waals surface area contributed by atoms with E-state index in [0.29, 0.717) is 7.11 Å². The quantitative estimate of drug-likeness (QED) is 0.192. The standard InChI is InChI=1S/C29H37ClN6O2.C3H3F3O2/c1-38-24-15-13-22(14-16-24)11-6-18-36(17-5-10-21-8-3-2-4-9-21)19-7-12-23(20-36)33-29(37)25-27(31)35-28(32)26(30)34-25;1-8-2(7)3(4,5)6/h2-4,8-9,13-16,23H,5-7,10-12,17-20H2,1H3,(H4-,31,32,33,35,37);1H3/p+1. The van der Waals surface area contributed by atoms with Crippen LogP contribution in [0.25, 0.3) is 0 Å². The number of amides is 1. The van der Waals surface area contributed by atoms with Gasteiger partial charge in [0.15, 0.2) is 22.5 Å². The van der Waals surface area contributed by atoms with Crippen molar-refractivity contribution >= 4 is 35.1 Å². The highest BCUT2D eigenvalue weighted by atomic mass is 35.5. The molecule has 2 unspecified atom stereocenters.